The average molecular weight is 927 g/mol. The highest BCUT2D eigenvalue weighted by Crippen LogP contribution is 2.43. The first-order valence-electron chi connectivity index (χ1n) is 27.1. The largest absolute Gasteiger partial charge is 0.472 e. The summed E-state index contributed by atoms with van der Waals surface area (Å²) in [5.41, 5.74) is 0. The van der Waals surface area contributed by atoms with E-state index in [-0.39, 0.29) is 25.6 Å². The fraction of sp³-hybridized carbons (Fsp3) is 0.889. The highest BCUT2D eigenvalue weighted by molar-refractivity contribution is 7.47. The van der Waals surface area contributed by atoms with E-state index in [1.54, 1.807) is 0 Å². The van der Waals surface area contributed by atoms with E-state index in [4.69, 9.17) is 18.5 Å². The van der Waals surface area contributed by atoms with Gasteiger partial charge in [0.2, 0.25) is 0 Å². The molecule has 0 spiro atoms. The lowest BCUT2D eigenvalue weighted by molar-refractivity contribution is -0.870. The van der Waals surface area contributed by atoms with Gasteiger partial charge in [0.05, 0.1) is 27.7 Å². The molecule has 0 saturated carbocycles. The first-order chi connectivity index (χ1) is 31.0. The van der Waals surface area contributed by atoms with E-state index in [0.717, 1.165) is 51.4 Å². The number of nitrogens with zero attached hydrogens (tertiary/aromatic N) is 1. The number of esters is 2. The molecule has 0 radical (unpaired) electrons. The zero-order valence-electron chi connectivity index (χ0n) is 42.8. The topological polar surface area (TPSA) is 108 Å². The van der Waals surface area contributed by atoms with Gasteiger partial charge in [-0.25, -0.2) is 4.57 Å². The van der Waals surface area contributed by atoms with Crippen LogP contribution in [0.5, 0.6) is 0 Å². The zero-order valence-corrected chi connectivity index (χ0v) is 43.7. The van der Waals surface area contributed by atoms with E-state index < -0.39 is 26.5 Å². The van der Waals surface area contributed by atoms with Gasteiger partial charge in [-0.15, -0.1) is 0 Å². The minimum absolute atomic E-state index is 0.0322. The fourth-order valence-electron chi connectivity index (χ4n) is 7.75. The zero-order chi connectivity index (χ0) is 47.1. The molecule has 0 saturated heterocycles. The van der Waals surface area contributed by atoms with Crippen LogP contribution in [0.3, 0.4) is 0 Å². The fourth-order valence-corrected chi connectivity index (χ4v) is 8.49. The molecular formula is C54H105NO8P+. The standard InChI is InChI=1S/C54H104NO8P/c1-6-8-10-12-14-16-18-20-22-24-26-27-28-29-31-32-34-36-38-40-42-44-46-53(56)60-50-52(51-62-64(58,59)61-49-48-55(3,4)5)63-54(57)47-45-43-41-39-37-35-33-30-25-23-21-19-17-15-13-11-9-7-2/h17,19,23,25,52H,6-16,18,20-22,24,26-51H2,1-5H3/p+1/b19-17-,25-23-. The van der Waals surface area contributed by atoms with Crippen LogP contribution in [0.4, 0.5) is 0 Å². The molecular weight excluding hydrogens is 822 g/mol. The molecule has 2 unspecified atom stereocenters. The van der Waals surface area contributed by atoms with Crippen molar-refractivity contribution in [1.29, 1.82) is 0 Å². The van der Waals surface area contributed by atoms with Gasteiger partial charge in [0.15, 0.2) is 6.10 Å². The van der Waals surface area contributed by atoms with Crippen LogP contribution < -0.4 is 0 Å². The summed E-state index contributed by atoms with van der Waals surface area (Å²) in [6.45, 7) is 4.45. The van der Waals surface area contributed by atoms with Gasteiger partial charge in [-0.1, -0.05) is 224 Å². The van der Waals surface area contributed by atoms with Crippen molar-refractivity contribution in [2.45, 2.75) is 264 Å². The van der Waals surface area contributed by atoms with Crippen LogP contribution in [0.2, 0.25) is 0 Å². The van der Waals surface area contributed by atoms with E-state index in [0.29, 0.717) is 23.9 Å². The molecule has 0 aliphatic heterocycles. The molecule has 64 heavy (non-hydrogen) atoms. The Kier molecular flexibility index (Phi) is 45.5. The molecule has 2 atom stereocenters. The highest BCUT2D eigenvalue weighted by Gasteiger charge is 2.27. The summed E-state index contributed by atoms with van der Waals surface area (Å²) in [5, 5.41) is 0. The summed E-state index contributed by atoms with van der Waals surface area (Å²) in [5.74, 6) is -0.793. The summed E-state index contributed by atoms with van der Waals surface area (Å²) < 4.78 is 34.5. The molecule has 1 N–H and O–H groups in total. The summed E-state index contributed by atoms with van der Waals surface area (Å²) in [6.07, 6.45) is 53.7. The van der Waals surface area contributed by atoms with Crippen molar-refractivity contribution in [3.05, 3.63) is 24.3 Å². The third-order valence-corrected chi connectivity index (χ3v) is 13.0. The maximum absolute atomic E-state index is 12.8. The molecule has 0 rings (SSSR count). The molecule has 0 aromatic carbocycles. The molecule has 0 aromatic heterocycles. The number of hydrogen-bond acceptors (Lipinski definition) is 7. The van der Waals surface area contributed by atoms with E-state index in [9.17, 15) is 19.0 Å². The number of allylic oxidation sites excluding steroid dienone is 4. The Hall–Kier alpha value is -1.51. The van der Waals surface area contributed by atoms with E-state index in [1.807, 2.05) is 21.1 Å². The predicted octanol–water partition coefficient (Wildman–Crippen LogP) is 16.3. The monoisotopic (exact) mass is 927 g/mol. The van der Waals surface area contributed by atoms with Crippen molar-refractivity contribution in [3.63, 3.8) is 0 Å². The Balaban J connectivity index is 4.18. The number of rotatable bonds is 50. The minimum Gasteiger partial charge on any atom is -0.462 e. The summed E-state index contributed by atoms with van der Waals surface area (Å²) in [6, 6.07) is 0. The second-order valence-electron chi connectivity index (χ2n) is 19.6. The highest BCUT2D eigenvalue weighted by atomic mass is 31.2. The molecule has 0 heterocycles. The van der Waals surface area contributed by atoms with Gasteiger partial charge in [-0.05, 0) is 44.9 Å². The molecule has 0 fully saturated rings. The van der Waals surface area contributed by atoms with E-state index in [2.05, 4.69) is 38.2 Å². The van der Waals surface area contributed by atoms with Crippen molar-refractivity contribution in [2.24, 2.45) is 0 Å². The quantitative estimate of drug-likeness (QED) is 0.0211. The van der Waals surface area contributed by atoms with Gasteiger partial charge in [-0.2, -0.15) is 0 Å². The number of ether oxygens (including phenoxy) is 2. The third kappa shape index (κ3) is 49.9. The summed E-state index contributed by atoms with van der Waals surface area (Å²) in [7, 11) is 1.48. The Bertz CT molecular complexity index is 1140. The Morgan fingerprint density at radius 2 is 0.844 bits per heavy atom. The molecule has 10 heteroatoms. The number of quaternary nitrogens is 1. The molecule has 0 bridgehead atoms. The first-order valence-corrected chi connectivity index (χ1v) is 28.6. The minimum atomic E-state index is -4.38. The number of likely N-dealkylation sites (N-methyl/N-ethyl adjacent to an activating group) is 1. The normalized spacial score (nSPS) is 13.5. The van der Waals surface area contributed by atoms with Gasteiger partial charge in [0.25, 0.3) is 0 Å². The van der Waals surface area contributed by atoms with Gasteiger partial charge in [-0.3, -0.25) is 18.6 Å². The predicted molar refractivity (Wildman–Crippen MR) is 271 cm³/mol. The second-order valence-corrected chi connectivity index (χ2v) is 21.1. The first kappa shape index (κ1) is 62.5. The molecule has 0 aliphatic rings. The molecule has 0 amide bonds. The summed E-state index contributed by atoms with van der Waals surface area (Å²) in [4.78, 5) is 35.6. The lowest BCUT2D eigenvalue weighted by atomic mass is 10.0. The Morgan fingerprint density at radius 1 is 0.484 bits per heavy atom. The molecule has 0 aliphatic carbocycles. The van der Waals surface area contributed by atoms with Crippen LogP contribution in [0.1, 0.15) is 258 Å². The average Bonchev–Trinajstić information content (AvgIpc) is 3.25. The van der Waals surface area contributed by atoms with Crippen LogP contribution in [0.25, 0.3) is 0 Å². The van der Waals surface area contributed by atoms with Gasteiger partial charge in [0.1, 0.15) is 19.8 Å². The van der Waals surface area contributed by atoms with Crippen LogP contribution in [0.15, 0.2) is 24.3 Å². The van der Waals surface area contributed by atoms with E-state index >= 15 is 0 Å². The number of carbonyl (C=O) groups is 2. The van der Waals surface area contributed by atoms with E-state index in [1.165, 1.54) is 173 Å². The van der Waals surface area contributed by atoms with Gasteiger partial charge in [0, 0.05) is 12.8 Å². The Morgan fingerprint density at radius 3 is 1.25 bits per heavy atom. The van der Waals surface area contributed by atoms with Crippen molar-refractivity contribution in [3.8, 4) is 0 Å². The number of phosphoric ester groups is 1. The summed E-state index contributed by atoms with van der Waals surface area (Å²) >= 11 is 0. The lowest BCUT2D eigenvalue weighted by Gasteiger charge is -2.24. The SMILES string of the molecule is CCCCCC/C=C\C/C=C\CCCCCCCCCC(=O)OC(COC(=O)CCCCCCCCCCCCCCCCCCCCCCCC)COP(=O)(O)OCC[N+](C)(C)C. The molecule has 9 nitrogen and oxygen atoms in total. The van der Waals surface area contributed by atoms with Crippen LogP contribution in [-0.4, -0.2) is 74.9 Å². The van der Waals surface area contributed by atoms with Crippen molar-refractivity contribution < 1.29 is 42.1 Å². The lowest BCUT2D eigenvalue weighted by Crippen LogP contribution is -2.37. The number of unbranched alkanes of at least 4 members (excludes halogenated alkanes) is 32. The number of hydrogen-bond donors (Lipinski definition) is 1. The van der Waals surface area contributed by atoms with Crippen LogP contribution in [-0.2, 0) is 32.7 Å². The number of carbonyl (C=O) groups excluding carboxylic acids is 2. The van der Waals surface area contributed by atoms with Gasteiger partial charge < -0.3 is 18.9 Å². The molecule has 0 aromatic rings. The maximum Gasteiger partial charge on any atom is 0.472 e. The molecule has 378 valence electrons. The van der Waals surface area contributed by atoms with Crippen LogP contribution in [0, 0.1) is 0 Å². The maximum atomic E-state index is 12.8. The smallest absolute Gasteiger partial charge is 0.462 e. The Labute approximate surface area is 396 Å². The van der Waals surface area contributed by atoms with Crippen molar-refractivity contribution in [1.82, 2.24) is 0 Å². The third-order valence-electron chi connectivity index (χ3n) is 12.0. The number of phosphoric acid groups is 1. The van der Waals surface area contributed by atoms with Crippen LogP contribution >= 0.6 is 7.82 Å². The van der Waals surface area contributed by atoms with Gasteiger partial charge >= 0.3 is 19.8 Å². The van der Waals surface area contributed by atoms with Crippen molar-refractivity contribution in [2.75, 3.05) is 47.5 Å². The second kappa shape index (κ2) is 46.6. The van der Waals surface area contributed by atoms with Crippen molar-refractivity contribution >= 4 is 19.8 Å².